The Morgan fingerprint density at radius 2 is 1.89 bits per heavy atom. The molecule has 0 spiro atoms. The molecule has 2 rings (SSSR count). The predicted molar refractivity (Wildman–Crippen MR) is 81.3 cm³/mol. The van der Waals surface area contributed by atoms with E-state index in [4.69, 9.17) is 11.6 Å². The summed E-state index contributed by atoms with van der Waals surface area (Å²) >= 11 is 12.4. The van der Waals surface area contributed by atoms with Gasteiger partial charge < -0.3 is 0 Å². The first-order chi connectivity index (χ1) is 8.97. The molecule has 2 aromatic rings. The van der Waals surface area contributed by atoms with Crippen LogP contribution in [0.25, 0.3) is 0 Å². The summed E-state index contributed by atoms with van der Waals surface area (Å²) in [5, 5.41) is 0.531. The van der Waals surface area contributed by atoms with Crippen LogP contribution < -0.4 is 0 Å². The molecule has 0 aliphatic rings. The van der Waals surface area contributed by atoms with Crippen molar-refractivity contribution in [3.63, 3.8) is 0 Å². The molecular weight excluding hydrogens is 398 g/mol. The van der Waals surface area contributed by atoms with Crippen molar-refractivity contribution in [2.75, 3.05) is 0 Å². The van der Waals surface area contributed by atoms with Crippen molar-refractivity contribution in [1.82, 2.24) is 0 Å². The van der Waals surface area contributed by atoms with Gasteiger partial charge in [-0.2, -0.15) is 0 Å². The number of hydrogen-bond acceptors (Lipinski definition) is 1. The summed E-state index contributed by atoms with van der Waals surface area (Å²) < 4.78 is 14.3. The minimum absolute atomic E-state index is 0.107. The first kappa shape index (κ1) is 14.7. The molecule has 0 atom stereocenters. The van der Waals surface area contributed by atoms with Crippen LogP contribution in [-0.4, -0.2) is 5.78 Å². The van der Waals surface area contributed by atoms with E-state index < -0.39 is 5.82 Å². The van der Waals surface area contributed by atoms with Gasteiger partial charge in [0.1, 0.15) is 5.82 Å². The highest BCUT2D eigenvalue weighted by Crippen LogP contribution is 2.23. The van der Waals surface area contributed by atoms with E-state index in [1.165, 1.54) is 18.2 Å². The lowest BCUT2D eigenvalue weighted by atomic mass is 10.0. The smallest absolute Gasteiger partial charge is 0.167 e. The van der Waals surface area contributed by atoms with Gasteiger partial charge in [-0.3, -0.25) is 4.79 Å². The molecule has 0 heterocycles. The highest BCUT2D eigenvalue weighted by Gasteiger charge is 2.11. The Hall–Kier alpha value is -0.710. The predicted octanol–water partition coefficient (Wildman–Crippen LogP) is 5.43. The number of hydrogen-bond donors (Lipinski definition) is 0. The summed E-state index contributed by atoms with van der Waals surface area (Å²) in [4.78, 5) is 12.1. The molecule has 2 aromatic carbocycles. The lowest BCUT2D eigenvalue weighted by Gasteiger charge is -2.05. The van der Waals surface area contributed by atoms with E-state index in [0.29, 0.717) is 10.6 Å². The highest BCUT2D eigenvalue weighted by molar-refractivity contribution is 9.10. The Labute approximate surface area is 132 Å². The second kappa shape index (κ2) is 6.16. The van der Waals surface area contributed by atoms with Gasteiger partial charge >= 0.3 is 0 Å². The minimum Gasteiger partial charge on any atom is -0.294 e. The van der Waals surface area contributed by atoms with E-state index in [1.807, 2.05) is 6.07 Å². The van der Waals surface area contributed by atoms with Crippen LogP contribution in [0.15, 0.2) is 45.3 Å². The van der Waals surface area contributed by atoms with Gasteiger partial charge in [0.15, 0.2) is 5.78 Å². The zero-order valence-electron chi connectivity index (χ0n) is 9.59. The molecule has 0 radical (unpaired) electrons. The van der Waals surface area contributed by atoms with Gasteiger partial charge in [-0.1, -0.05) is 33.6 Å². The van der Waals surface area contributed by atoms with Crippen LogP contribution in [0.5, 0.6) is 0 Å². The zero-order chi connectivity index (χ0) is 14.0. The summed E-state index contributed by atoms with van der Waals surface area (Å²) in [6.07, 6.45) is 0.185. The maximum atomic E-state index is 13.1. The highest BCUT2D eigenvalue weighted by atomic mass is 79.9. The molecule has 0 N–H and O–H groups in total. The molecule has 0 saturated carbocycles. The molecule has 0 aliphatic heterocycles. The normalized spacial score (nSPS) is 10.5. The van der Waals surface area contributed by atoms with Gasteiger partial charge in [0.25, 0.3) is 0 Å². The fourth-order valence-corrected chi connectivity index (χ4v) is 2.73. The van der Waals surface area contributed by atoms with Crippen molar-refractivity contribution >= 4 is 49.2 Å². The maximum Gasteiger partial charge on any atom is 0.167 e. The Morgan fingerprint density at radius 1 is 1.16 bits per heavy atom. The average molecular weight is 406 g/mol. The second-order valence-corrected chi connectivity index (χ2v) is 6.14. The minimum atomic E-state index is -0.391. The largest absolute Gasteiger partial charge is 0.294 e. The van der Waals surface area contributed by atoms with Crippen molar-refractivity contribution in [1.29, 1.82) is 0 Å². The lowest BCUT2D eigenvalue weighted by molar-refractivity contribution is 0.0993. The third-order valence-corrected chi connectivity index (χ3v) is 4.06. The summed E-state index contributed by atoms with van der Waals surface area (Å²) in [7, 11) is 0. The molecule has 98 valence electrons. The van der Waals surface area contributed by atoms with Crippen molar-refractivity contribution < 1.29 is 9.18 Å². The van der Waals surface area contributed by atoms with Gasteiger partial charge in [0.05, 0.1) is 4.47 Å². The fourth-order valence-electron chi connectivity index (χ4n) is 1.61. The lowest BCUT2D eigenvalue weighted by Crippen LogP contribution is -2.04. The van der Waals surface area contributed by atoms with Crippen molar-refractivity contribution in [3.8, 4) is 0 Å². The first-order valence-corrected chi connectivity index (χ1v) is 7.36. The van der Waals surface area contributed by atoms with Crippen LogP contribution >= 0.6 is 43.5 Å². The maximum absolute atomic E-state index is 13.1. The van der Waals surface area contributed by atoms with Gasteiger partial charge in [0, 0.05) is 21.5 Å². The second-order valence-electron chi connectivity index (χ2n) is 3.96. The van der Waals surface area contributed by atoms with Gasteiger partial charge in [-0.25, -0.2) is 4.39 Å². The van der Waals surface area contributed by atoms with Crippen LogP contribution in [0.4, 0.5) is 4.39 Å². The molecular formula is C14H8Br2ClFO. The molecule has 0 unspecified atom stereocenters. The van der Waals surface area contributed by atoms with Crippen LogP contribution in [0.2, 0.25) is 5.02 Å². The third kappa shape index (κ3) is 3.65. The molecule has 0 saturated heterocycles. The monoisotopic (exact) mass is 404 g/mol. The van der Waals surface area contributed by atoms with E-state index in [0.717, 1.165) is 10.0 Å². The number of Topliss-reactive ketones (excluding diaryl/α,β-unsaturated/α-hetero) is 1. The van der Waals surface area contributed by atoms with E-state index in [-0.39, 0.29) is 16.7 Å². The van der Waals surface area contributed by atoms with E-state index in [2.05, 4.69) is 31.9 Å². The molecule has 5 heteroatoms. The van der Waals surface area contributed by atoms with Gasteiger partial charge in [-0.05, 0) is 51.8 Å². The number of halogens is 4. The molecule has 0 amide bonds. The van der Waals surface area contributed by atoms with Crippen molar-refractivity contribution in [3.05, 3.63) is 67.3 Å². The van der Waals surface area contributed by atoms with E-state index in [1.54, 1.807) is 12.1 Å². The average Bonchev–Trinajstić information content (AvgIpc) is 2.36. The van der Waals surface area contributed by atoms with Crippen LogP contribution in [0, 0.1) is 5.82 Å². The SMILES string of the molecule is O=C(Cc1ccc(Br)cc1Cl)c1ccc(F)c(Br)c1. The standard InChI is InChI=1S/C14H8Br2ClFO/c15-10-3-1-8(12(17)7-10)6-14(19)9-2-4-13(18)11(16)5-9/h1-5,7H,6H2. The molecule has 0 fully saturated rings. The summed E-state index contributed by atoms with van der Waals surface area (Å²) in [6.45, 7) is 0. The Balaban J connectivity index is 2.23. The number of carbonyl (C=O) groups excluding carboxylic acids is 1. The summed E-state index contributed by atoms with van der Waals surface area (Å²) in [5.41, 5.74) is 1.20. The van der Waals surface area contributed by atoms with Crippen LogP contribution in [-0.2, 0) is 6.42 Å². The Kier molecular flexibility index (Phi) is 4.76. The quantitative estimate of drug-likeness (QED) is 0.621. The fraction of sp³-hybridized carbons (Fsp3) is 0.0714. The zero-order valence-corrected chi connectivity index (χ0v) is 13.5. The number of ketones is 1. The molecule has 0 aliphatic carbocycles. The molecule has 0 aromatic heterocycles. The number of rotatable bonds is 3. The Morgan fingerprint density at radius 3 is 2.53 bits per heavy atom. The number of carbonyl (C=O) groups is 1. The van der Waals surface area contributed by atoms with Crippen LogP contribution in [0.3, 0.4) is 0 Å². The summed E-state index contributed by atoms with van der Waals surface area (Å²) in [5.74, 6) is -0.497. The Bertz CT molecular complexity index is 643. The van der Waals surface area contributed by atoms with Gasteiger partial charge in [-0.15, -0.1) is 0 Å². The van der Waals surface area contributed by atoms with E-state index in [9.17, 15) is 9.18 Å². The van der Waals surface area contributed by atoms with E-state index >= 15 is 0 Å². The third-order valence-electron chi connectivity index (χ3n) is 2.61. The molecule has 0 bridgehead atoms. The van der Waals surface area contributed by atoms with Gasteiger partial charge in [0.2, 0.25) is 0 Å². The van der Waals surface area contributed by atoms with Crippen molar-refractivity contribution in [2.45, 2.75) is 6.42 Å². The molecule has 1 nitrogen and oxygen atoms in total. The van der Waals surface area contributed by atoms with Crippen LogP contribution in [0.1, 0.15) is 15.9 Å². The summed E-state index contributed by atoms with van der Waals surface area (Å²) in [6, 6.07) is 9.57. The van der Waals surface area contributed by atoms with Crippen molar-refractivity contribution in [2.24, 2.45) is 0 Å². The molecule has 19 heavy (non-hydrogen) atoms. The topological polar surface area (TPSA) is 17.1 Å². The number of benzene rings is 2. The first-order valence-electron chi connectivity index (χ1n) is 5.39.